The minimum absolute atomic E-state index is 0.178. The summed E-state index contributed by atoms with van der Waals surface area (Å²) >= 11 is 4.45. The van der Waals surface area contributed by atoms with E-state index in [-0.39, 0.29) is 10.6 Å². The van der Waals surface area contributed by atoms with Crippen molar-refractivity contribution in [3.63, 3.8) is 0 Å². The summed E-state index contributed by atoms with van der Waals surface area (Å²) in [5, 5.41) is 4.46. The van der Waals surface area contributed by atoms with Gasteiger partial charge in [-0.3, -0.25) is 4.79 Å². The lowest BCUT2D eigenvalue weighted by Gasteiger charge is -2.18. The maximum atomic E-state index is 12.8. The van der Waals surface area contributed by atoms with Crippen LogP contribution < -0.4 is 10.0 Å². The van der Waals surface area contributed by atoms with Gasteiger partial charge in [-0.2, -0.15) is 4.72 Å². The van der Waals surface area contributed by atoms with Crippen LogP contribution in [0.1, 0.15) is 5.56 Å². The number of anilines is 1. The molecule has 0 saturated heterocycles. The summed E-state index contributed by atoms with van der Waals surface area (Å²) in [5.74, 6) is -0.415. The Balaban J connectivity index is 1.82. The fraction of sp³-hybridized carbons (Fsp3) is 0.105. The van der Waals surface area contributed by atoms with Crippen molar-refractivity contribution in [3.05, 3.63) is 82.1 Å². The number of rotatable bonds is 7. The molecule has 0 aliphatic heterocycles. The maximum Gasteiger partial charge on any atom is 0.250 e. The van der Waals surface area contributed by atoms with Gasteiger partial charge < -0.3 is 5.32 Å². The summed E-state index contributed by atoms with van der Waals surface area (Å²) in [5.41, 5.74) is 1.46. The molecule has 2 aromatic carbocycles. The maximum absolute atomic E-state index is 12.8. The number of benzene rings is 2. The molecule has 2 N–H and O–H groups in total. The van der Waals surface area contributed by atoms with Crippen LogP contribution in [0.4, 0.5) is 5.69 Å². The molecule has 5 nitrogen and oxygen atoms in total. The highest BCUT2D eigenvalue weighted by molar-refractivity contribution is 9.10. The predicted molar refractivity (Wildman–Crippen MR) is 111 cm³/mol. The van der Waals surface area contributed by atoms with Gasteiger partial charge in [0, 0.05) is 10.2 Å². The van der Waals surface area contributed by atoms with E-state index in [1.165, 1.54) is 6.07 Å². The first-order chi connectivity index (χ1) is 12.9. The molecule has 0 bridgehead atoms. The van der Waals surface area contributed by atoms with Crippen molar-refractivity contribution in [2.24, 2.45) is 0 Å². The molecule has 3 rings (SSSR count). The zero-order valence-corrected chi connectivity index (χ0v) is 17.4. The summed E-state index contributed by atoms with van der Waals surface area (Å²) in [6.07, 6.45) is 0.244. The van der Waals surface area contributed by atoms with Crippen molar-refractivity contribution in [1.82, 2.24) is 4.72 Å². The van der Waals surface area contributed by atoms with E-state index in [1.807, 2.05) is 30.3 Å². The lowest BCUT2D eigenvalue weighted by atomic mass is 10.1. The van der Waals surface area contributed by atoms with Gasteiger partial charge in [0.15, 0.2) is 0 Å². The van der Waals surface area contributed by atoms with Crippen LogP contribution in [0.3, 0.4) is 0 Å². The molecule has 1 heterocycles. The third-order valence-corrected chi connectivity index (χ3v) is 7.17. The minimum atomic E-state index is -3.78. The van der Waals surface area contributed by atoms with Crippen molar-refractivity contribution in [1.29, 1.82) is 0 Å². The Kier molecular flexibility index (Phi) is 6.43. The topological polar surface area (TPSA) is 75.3 Å². The Morgan fingerprint density at radius 2 is 1.70 bits per heavy atom. The standard InChI is InChI=1S/C19H17BrN2O3S2/c20-15-8-10-16(11-9-15)21-19(23)17(13-14-5-2-1-3-6-14)22-27(24,25)18-7-4-12-26-18/h1-12,17,22H,13H2,(H,21,23). The number of halogens is 1. The van der Waals surface area contributed by atoms with E-state index >= 15 is 0 Å². The third-order valence-electron chi connectivity index (χ3n) is 3.77. The van der Waals surface area contributed by atoms with Crippen molar-refractivity contribution < 1.29 is 13.2 Å². The van der Waals surface area contributed by atoms with Crippen LogP contribution in [0, 0.1) is 0 Å². The Morgan fingerprint density at radius 1 is 1.00 bits per heavy atom. The monoisotopic (exact) mass is 464 g/mol. The van der Waals surface area contributed by atoms with Crippen LogP contribution in [-0.2, 0) is 21.2 Å². The van der Waals surface area contributed by atoms with Gasteiger partial charge in [-0.1, -0.05) is 52.3 Å². The molecule has 0 aliphatic carbocycles. The SMILES string of the molecule is O=C(Nc1ccc(Br)cc1)C(Cc1ccccc1)NS(=O)(=O)c1cccs1. The number of sulfonamides is 1. The number of nitrogens with one attached hydrogen (secondary N) is 2. The van der Waals surface area contributed by atoms with Crippen molar-refractivity contribution in [2.75, 3.05) is 5.32 Å². The molecular weight excluding hydrogens is 448 g/mol. The summed E-state index contributed by atoms with van der Waals surface area (Å²) in [4.78, 5) is 12.8. The molecule has 8 heteroatoms. The highest BCUT2D eigenvalue weighted by Crippen LogP contribution is 2.18. The van der Waals surface area contributed by atoms with Crippen LogP contribution in [-0.4, -0.2) is 20.4 Å². The second-order valence-electron chi connectivity index (χ2n) is 5.79. The summed E-state index contributed by atoms with van der Waals surface area (Å²) in [6, 6.07) is 18.6. The predicted octanol–water partition coefficient (Wildman–Crippen LogP) is 4.04. The van der Waals surface area contributed by atoms with Crippen LogP contribution in [0.25, 0.3) is 0 Å². The zero-order chi connectivity index (χ0) is 19.3. The fourth-order valence-electron chi connectivity index (χ4n) is 2.46. The quantitative estimate of drug-likeness (QED) is 0.553. The van der Waals surface area contributed by atoms with E-state index < -0.39 is 22.0 Å². The minimum Gasteiger partial charge on any atom is -0.325 e. The van der Waals surface area contributed by atoms with Gasteiger partial charge in [0.1, 0.15) is 10.3 Å². The molecular formula is C19H17BrN2O3S2. The van der Waals surface area contributed by atoms with E-state index in [2.05, 4.69) is 26.0 Å². The van der Waals surface area contributed by atoms with Crippen molar-refractivity contribution in [2.45, 2.75) is 16.7 Å². The van der Waals surface area contributed by atoms with E-state index in [0.29, 0.717) is 5.69 Å². The molecule has 0 radical (unpaired) electrons. The molecule has 0 spiro atoms. The summed E-state index contributed by atoms with van der Waals surface area (Å²) in [6.45, 7) is 0. The average Bonchev–Trinajstić information content (AvgIpc) is 3.19. The number of carbonyl (C=O) groups is 1. The molecule has 3 aromatic rings. The first-order valence-electron chi connectivity index (χ1n) is 8.10. The second kappa shape index (κ2) is 8.79. The first-order valence-corrected chi connectivity index (χ1v) is 11.3. The molecule has 0 saturated carbocycles. The molecule has 0 aliphatic rings. The van der Waals surface area contributed by atoms with Gasteiger partial charge in [0.05, 0.1) is 0 Å². The Hall–Kier alpha value is -2.00. The highest BCUT2D eigenvalue weighted by Gasteiger charge is 2.26. The largest absolute Gasteiger partial charge is 0.325 e. The smallest absolute Gasteiger partial charge is 0.250 e. The third kappa shape index (κ3) is 5.49. The van der Waals surface area contributed by atoms with Crippen LogP contribution in [0.5, 0.6) is 0 Å². The van der Waals surface area contributed by atoms with E-state index in [4.69, 9.17) is 0 Å². The van der Waals surface area contributed by atoms with E-state index in [0.717, 1.165) is 21.4 Å². The number of thiophene rings is 1. The average molecular weight is 465 g/mol. The number of amides is 1. The summed E-state index contributed by atoms with van der Waals surface area (Å²) < 4.78 is 28.8. The van der Waals surface area contributed by atoms with E-state index in [1.54, 1.807) is 35.7 Å². The van der Waals surface area contributed by atoms with Crippen molar-refractivity contribution >= 4 is 48.9 Å². The molecule has 0 fully saturated rings. The van der Waals surface area contributed by atoms with Crippen LogP contribution >= 0.6 is 27.3 Å². The van der Waals surface area contributed by atoms with Crippen LogP contribution in [0.15, 0.2) is 80.8 Å². The molecule has 1 amide bonds. The van der Waals surface area contributed by atoms with Gasteiger partial charge in [-0.15, -0.1) is 11.3 Å². The highest BCUT2D eigenvalue weighted by atomic mass is 79.9. The molecule has 1 atom stereocenters. The molecule has 27 heavy (non-hydrogen) atoms. The van der Waals surface area contributed by atoms with Gasteiger partial charge in [-0.05, 0) is 47.7 Å². The number of hydrogen-bond acceptors (Lipinski definition) is 4. The van der Waals surface area contributed by atoms with Gasteiger partial charge in [-0.25, -0.2) is 8.42 Å². The Bertz CT molecular complexity index is 989. The van der Waals surface area contributed by atoms with Gasteiger partial charge in [0.25, 0.3) is 10.0 Å². The molecule has 1 aromatic heterocycles. The van der Waals surface area contributed by atoms with Gasteiger partial charge >= 0.3 is 0 Å². The molecule has 1 unspecified atom stereocenters. The normalized spacial score (nSPS) is 12.5. The second-order valence-corrected chi connectivity index (χ2v) is 9.60. The van der Waals surface area contributed by atoms with Crippen LogP contribution in [0.2, 0.25) is 0 Å². The van der Waals surface area contributed by atoms with E-state index in [9.17, 15) is 13.2 Å². The Morgan fingerprint density at radius 3 is 2.33 bits per heavy atom. The van der Waals surface area contributed by atoms with Crippen molar-refractivity contribution in [3.8, 4) is 0 Å². The first kappa shape index (κ1) is 19.8. The summed E-state index contributed by atoms with van der Waals surface area (Å²) in [7, 11) is -3.78. The lowest BCUT2D eigenvalue weighted by molar-refractivity contribution is -0.117. The fourth-order valence-corrected chi connectivity index (χ4v) is 4.93. The lowest BCUT2D eigenvalue weighted by Crippen LogP contribution is -2.45. The number of carbonyl (C=O) groups excluding carboxylic acids is 1. The Labute approximate surface area is 170 Å². The molecule has 140 valence electrons. The number of hydrogen-bond donors (Lipinski definition) is 2. The zero-order valence-electron chi connectivity index (χ0n) is 14.1. The van der Waals surface area contributed by atoms with Gasteiger partial charge in [0.2, 0.25) is 5.91 Å².